The van der Waals surface area contributed by atoms with E-state index in [-0.39, 0.29) is 11.7 Å². The summed E-state index contributed by atoms with van der Waals surface area (Å²) in [6.07, 6.45) is 0.964. The summed E-state index contributed by atoms with van der Waals surface area (Å²) in [6, 6.07) is 12.6. The number of phenolic OH excluding ortho intramolecular Hbond substituents is 1. The predicted octanol–water partition coefficient (Wildman–Crippen LogP) is 3.89. The Balaban J connectivity index is 2.08. The molecule has 0 saturated carbocycles. The minimum atomic E-state index is -0.179. The molecule has 3 nitrogen and oxygen atoms in total. The van der Waals surface area contributed by atoms with Gasteiger partial charge in [-0.1, -0.05) is 28.1 Å². The zero-order valence-corrected chi connectivity index (χ0v) is 12.8. The number of alkyl halides is 1. The van der Waals surface area contributed by atoms with Crippen LogP contribution in [0.15, 0.2) is 42.5 Å². The van der Waals surface area contributed by atoms with Crippen LogP contribution in [0.1, 0.15) is 21.5 Å². The molecule has 1 amide bonds. The Morgan fingerprint density at radius 1 is 1.20 bits per heavy atom. The maximum atomic E-state index is 12.1. The van der Waals surface area contributed by atoms with E-state index in [1.54, 1.807) is 19.1 Å². The maximum Gasteiger partial charge on any atom is 0.255 e. The standard InChI is InChI=1S/C16H16BrNO2/c1-11-10-13(4-7-15(11)19)16(20)18-14-5-2-12(3-6-14)8-9-17/h2-7,10,19H,8-9H2,1H3,(H,18,20). The van der Waals surface area contributed by atoms with E-state index in [9.17, 15) is 9.90 Å². The smallest absolute Gasteiger partial charge is 0.255 e. The second-order valence-electron chi connectivity index (χ2n) is 4.59. The molecule has 20 heavy (non-hydrogen) atoms. The van der Waals surface area contributed by atoms with Gasteiger partial charge in [0, 0.05) is 16.6 Å². The van der Waals surface area contributed by atoms with E-state index in [0.29, 0.717) is 11.1 Å². The Morgan fingerprint density at radius 3 is 2.50 bits per heavy atom. The predicted molar refractivity (Wildman–Crippen MR) is 84.7 cm³/mol. The minimum Gasteiger partial charge on any atom is -0.508 e. The van der Waals surface area contributed by atoms with Crippen molar-refractivity contribution in [3.05, 3.63) is 59.2 Å². The zero-order chi connectivity index (χ0) is 14.5. The van der Waals surface area contributed by atoms with Crippen LogP contribution < -0.4 is 5.32 Å². The first-order valence-corrected chi connectivity index (χ1v) is 7.48. The molecule has 104 valence electrons. The van der Waals surface area contributed by atoms with E-state index in [0.717, 1.165) is 17.4 Å². The summed E-state index contributed by atoms with van der Waals surface area (Å²) in [6.45, 7) is 1.77. The van der Waals surface area contributed by atoms with E-state index in [1.807, 2.05) is 24.3 Å². The van der Waals surface area contributed by atoms with Gasteiger partial charge in [0.2, 0.25) is 0 Å². The number of nitrogens with one attached hydrogen (secondary N) is 1. The van der Waals surface area contributed by atoms with E-state index >= 15 is 0 Å². The van der Waals surface area contributed by atoms with Crippen LogP contribution in [0.5, 0.6) is 5.75 Å². The molecule has 2 aromatic rings. The molecular formula is C16H16BrNO2. The van der Waals surface area contributed by atoms with Crippen molar-refractivity contribution in [3.63, 3.8) is 0 Å². The van der Waals surface area contributed by atoms with Crippen LogP contribution in [0.2, 0.25) is 0 Å². The van der Waals surface area contributed by atoms with Crippen LogP contribution in [0, 0.1) is 6.92 Å². The number of anilines is 1. The van der Waals surface area contributed by atoms with Crippen molar-refractivity contribution >= 4 is 27.5 Å². The molecule has 4 heteroatoms. The maximum absolute atomic E-state index is 12.1. The van der Waals surface area contributed by atoms with Gasteiger partial charge in [-0.2, -0.15) is 0 Å². The number of rotatable bonds is 4. The van der Waals surface area contributed by atoms with Crippen molar-refractivity contribution in [2.24, 2.45) is 0 Å². The molecule has 0 atom stereocenters. The van der Waals surface area contributed by atoms with Gasteiger partial charge >= 0.3 is 0 Å². The second-order valence-corrected chi connectivity index (χ2v) is 5.38. The SMILES string of the molecule is Cc1cc(C(=O)Nc2ccc(CCBr)cc2)ccc1O. The molecule has 0 aromatic heterocycles. The van der Waals surface area contributed by atoms with Crippen molar-refractivity contribution < 1.29 is 9.90 Å². The highest BCUT2D eigenvalue weighted by molar-refractivity contribution is 9.09. The highest BCUT2D eigenvalue weighted by atomic mass is 79.9. The monoisotopic (exact) mass is 333 g/mol. The molecule has 0 radical (unpaired) electrons. The number of carbonyl (C=O) groups excluding carboxylic acids is 1. The molecule has 0 heterocycles. The molecule has 0 aliphatic rings. The molecule has 2 aromatic carbocycles. The second kappa shape index (κ2) is 6.57. The Kier molecular flexibility index (Phi) is 4.79. The molecule has 0 spiro atoms. The number of carbonyl (C=O) groups is 1. The zero-order valence-electron chi connectivity index (χ0n) is 11.2. The molecule has 0 fully saturated rings. The first kappa shape index (κ1) is 14.6. The number of hydrogen-bond acceptors (Lipinski definition) is 2. The Labute approximate surface area is 126 Å². The van der Waals surface area contributed by atoms with Crippen molar-refractivity contribution in [1.82, 2.24) is 0 Å². The van der Waals surface area contributed by atoms with Gasteiger partial charge in [0.15, 0.2) is 0 Å². The number of halogens is 1. The van der Waals surface area contributed by atoms with E-state index in [1.165, 1.54) is 11.6 Å². The number of benzene rings is 2. The normalized spacial score (nSPS) is 10.3. The summed E-state index contributed by atoms with van der Waals surface area (Å²) in [7, 11) is 0. The lowest BCUT2D eigenvalue weighted by molar-refractivity contribution is 0.102. The lowest BCUT2D eigenvalue weighted by Crippen LogP contribution is -2.11. The van der Waals surface area contributed by atoms with Crippen molar-refractivity contribution in [2.45, 2.75) is 13.3 Å². The van der Waals surface area contributed by atoms with Gasteiger partial charge in [0.25, 0.3) is 5.91 Å². The number of aryl methyl sites for hydroxylation is 2. The Hall–Kier alpha value is -1.81. The van der Waals surface area contributed by atoms with Crippen molar-refractivity contribution in [3.8, 4) is 5.75 Å². The largest absolute Gasteiger partial charge is 0.508 e. The van der Waals surface area contributed by atoms with E-state index in [4.69, 9.17) is 0 Å². The molecule has 2 N–H and O–H groups in total. The number of aromatic hydroxyl groups is 1. The van der Waals surface area contributed by atoms with E-state index in [2.05, 4.69) is 21.2 Å². The summed E-state index contributed by atoms with van der Waals surface area (Å²) < 4.78 is 0. The topological polar surface area (TPSA) is 49.3 Å². The lowest BCUT2D eigenvalue weighted by atomic mass is 10.1. The average molecular weight is 334 g/mol. The average Bonchev–Trinajstić information content (AvgIpc) is 2.44. The third kappa shape index (κ3) is 3.61. The molecule has 0 bridgehead atoms. The van der Waals surface area contributed by atoms with Crippen LogP contribution in [0.4, 0.5) is 5.69 Å². The van der Waals surface area contributed by atoms with Crippen LogP contribution >= 0.6 is 15.9 Å². The molecular weight excluding hydrogens is 318 g/mol. The Bertz CT molecular complexity index is 608. The third-order valence-electron chi connectivity index (χ3n) is 3.05. The fourth-order valence-corrected chi connectivity index (χ4v) is 2.32. The van der Waals surface area contributed by atoms with Crippen molar-refractivity contribution in [1.29, 1.82) is 0 Å². The van der Waals surface area contributed by atoms with Gasteiger partial charge in [0.1, 0.15) is 5.75 Å². The van der Waals surface area contributed by atoms with Crippen molar-refractivity contribution in [2.75, 3.05) is 10.6 Å². The molecule has 2 rings (SSSR count). The summed E-state index contributed by atoms with van der Waals surface area (Å²) in [5.74, 6) is 0.0158. The van der Waals surface area contributed by atoms with Crippen LogP contribution in [-0.2, 0) is 6.42 Å². The van der Waals surface area contributed by atoms with Gasteiger partial charge < -0.3 is 10.4 Å². The van der Waals surface area contributed by atoms with Crippen LogP contribution in [-0.4, -0.2) is 16.3 Å². The highest BCUT2D eigenvalue weighted by Gasteiger charge is 2.07. The number of hydrogen-bond donors (Lipinski definition) is 2. The first-order valence-electron chi connectivity index (χ1n) is 6.36. The fourth-order valence-electron chi connectivity index (χ4n) is 1.86. The fraction of sp³-hybridized carbons (Fsp3) is 0.188. The first-order chi connectivity index (χ1) is 9.60. The summed E-state index contributed by atoms with van der Waals surface area (Å²) in [5.41, 5.74) is 3.20. The third-order valence-corrected chi connectivity index (χ3v) is 3.45. The van der Waals surface area contributed by atoms with Crippen LogP contribution in [0.3, 0.4) is 0 Å². The number of amides is 1. The Morgan fingerprint density at radius 2 is 1.90 bits per heavy atom. The lowest BCUT2D eigenvalue weighted by Gasteiger charge is -2.07. The molecule has 0 unspecified atom stereocenters. The molecule has 0 aliphatic heterocycles. The highest BCUT2D eigenvalue weighted by Crippen LogP contribution is 2.18. The quantitative estimate of drug-likeness (QED) is 0.834. The summed E-state index contributed by atoms with van der Waals surface area (Å²) in [5, 5.41) is 13.2. The number of phenols is 1. The van der Waals surface area contributed by atoms with Gasteiger partial charge in [-0.05, 0) is 54.8 Å². The van der Waals surface area contributed by atoms with Gasteiger partial charge in [-0.25, -0.2) is 0 Å². The minimum absolute atomic E-state index is 0.179. The van der Waals surface area contributed by atoms with Gasteiger partial charge in [0.05, 0.1) is 0 Å². The van der Waals surface area contributed by atoms with Gasteiger partial charge in [-0.15, -0.1) is 0 Å². The van der Waals surface area contributed by atoms with E-state index < -0.39 is 0 Å². The molecule has 0 saturated heterocycles. The van der Waals surface area contributed by atoms with Gasteiger partial charge in [-0.3, -0.25) is 4.79 Å². The summed E-state index contributed by atoms with van der Waals surface area (Å²) >= 11 is 3.40. The summed E-state index contributed by atoms with van der Waals surface area (Å²) in [4.78, 5) is 12.1. The van der Waals surface area contributed by atoms with Crippen LogP contribution in [0.25, 0.3) is 0 Å². The molecule has 0 aliphatic carbocycles.